The van der Waals surface area contributed by atoms with Crippen LogP contribution in [0, 0.1) is 0 Å². The van der Waals surface area contributed by atoms with E-state index in [-0.39, 0.29) is 5.78 Å². The summed E-state index contributed by atoms with van der Waals surface area (Å²) in [5.74, 6) is -0.0785. The molecule has 0 unspecified atom stereocenters. The number of thiophene rings is 1. The number of fused-ring (bicyclic) bond motifs is 1. The summed E-state index contributed by atoms with van der Waals surface area (Å²) in [6.45, 7) is 3.33. The van der Waals surface area contributed by atoms with Crippen LogP contribution in [0.15, 0.2) is 47.5 Å². The number of piperazine rings is 1. The van der Waals surface area contributed by atoms with Crippen molar-refractivity contribution in [3.63, 3.8) is 0 Å². The summed E-state index contributed by atoms with van der Waals surface area (Å²) < 4.78 is 27.1. The van der Waals surface area contributed by atoms with E-state index in [2.05, 4.69) is 9.88 Å². The molecule has 2 N–H and O–H groups in total. The molecule has 1 aliphatic heterocycles. The third kappa shape index (κ3) is 3.15. The molecule has 28 heavy (non-hydrogen) atoms. The van der Waals surface area contributed by atoms with Crippen molar-refractivity contribution in [2.75, 3.05) is 36.8 Å². The molecule has 3 heterocycles. The minimum Gasteiger partial charge on any atom is -0.397 e. The number of hydrogen-bond acceptors (Lipinski definition) is 7. The highest BCUT2D eigenvalue weighted by Gasteiger charge is 2.29. The first-order valence-corrected chi connectivity index (χ1v) is 11.1. The number of ketones is 1. The molecule has 0 atom stereocenters. The van der Waals surface area contributed by atoms with Crippen LogP contribution in [0.2, 0.25) is 0 Å². The van der Waals surface area contributed by atoms with Gasteiger partial charge in [0.05, 0.1) is 26.5 Å². The number of nitrogen functional groups attached to an aromatic ring is 1. The van der Waals surface area contributed by atoms with Gasteiger partial charge in [0.2, 0.25) is 10.0 Å². The lowest BCUT2D eigenvalue weighted by atomic mass is 10.2. The topological polar surface area (TPSA) is 96.6 Å². The van der Waals surface area contributed by atoms with Crippen LogP contribution < -0.4 is 10.6 Å². The molecule has 0 radical (unpaired) electrons. The Morgan fingerprint density at radius 1 is 1.11 bits per heavy atom. The maximum atomic E-state index is 12.8. The Bertz CT molecular complexity index is 1130. The monoisotopic (exact) mass is 416 g/mol. The first-order valence-electron chi connectivity index (χ1n) is 8.87. The third-order valence-corrected chi connectivity index (χ3v) is 8.01. The molecular weight excluding hydrogens is 396 g/mol. The second kappa shape index (κ2) is 7.16. The lowest BCUT2D eigenvalue weighted by molar-refractivity contribution is 0.102. The van der Waals surface area contributed by atoms with E-state index in [1.54, 1.807) is 36.5 Å². The molecule has 1 aromatic carbocycles. The summed E-state index contributed by atoms with van der Waals surface area (Å²) in [5.41, 5.74) is 7.58. The maximum absolute atomic E-state index is 12.8. The Morgan fingerprint density at radius 3 is 2.43 bits per heavy atom. The van der Waals surface area contributed by atoms with Gasteiger partial charge in [-0.2, -0.15) is 4.31 Å². The fourth-order valence-electron chi connectivity index (χ4n) is 3.46. The van der Waals surface area contributed by atoms with Gasteiger partial charge in [0, 0.05) is 39.3 Å². The number of carbonyl (C=O) groups excluding carboxylic acids is 1. The van der Waals surface area contributed by atoms with Crippen molar-refractivity contribution in [3.8, 4) is 0 Å². The molecule has 0 amide bonds. The van der Waals surface area contributed by atoms with Gasteiger partial charge < -0.3 is 10.6 Å². The number of sulfonamides is 1. The van der Waals surface area contributed by atoms with Crippen molar-refractivity contribution < 1.29 is 13.2 Å². The quantitative estimate of drug-likeness (QED) is 0.657. The van der Waals surface area contributed by atoms with Gasteiger partial charge in [-0.1, -0.05) is 18.2 Å². The molecule has 3 aromatic rings. The van der Waals surface area contributed by atoms with E-state index in [9.17, 15) is 13.2 Å². The van der Waals surface area contributed by atoms with E-state index in [1.807, 2.05) is 6.07 Å². The maximum Gasteiger partial charge on any atom is 0.243 e. The minimum atomic E-state index is -3.50. The average Bonchev–Trinajstić information content (AvgIpc) is 3.06. The summed E-state index contributed by atoms with van der Waals surface area (Å²) in [6, 6.07) is 10.3. The molecule has 7 nitrogen and oxygen atoms in total. The van der Waals surface area contributed by atoms with Crippen molar-refractivity contribution in [2.24, 2.45) is 0 Å². The van der Waals surface area contributed by atoms with Crippen LogP contribution in [0.25, 0.3) is 10.2 Å². The summed E-state index contributed by atoms with van der Waals surface area (Å²) >= 11 is 1.29. The summed E-state index contributed by atoms with van der Waals surface area (Å²) in [4.78, 5) is 19.8. The molecule has 0 aliphatic carbocycles. The molecule has 2 aromatic heterocycles. The number of Topliss-reactive ketones (excluding diaryl/α,β-unsaturated/α-hetero) is 1. The third-order valence-electron chi connectivity index (χ3n) is 4.89. The Kier molecular flexibility index (Phi) is 4.82. The van der Waals surface area contributed by atoms with E-state index < -0.39 is 10.0 Å². The van der Waals surface area contributed by atoms with Gasteiger partial charge in [0.25, 0.3) is 0 Å². The largest absolute Gasteiger partial charge is 0.397 e. The molecule has 0 spiro atoms. The van der Waals surface area contributed by atoms with Gasteiger partial charge in [-0.3, -0.25) is 4.79 Å². The standard InChI is InChI=1S/C19H20N4O3S2/c1-13(24)18-17(20)16-15(7-8-21-19(16)27-18)22-9-11-23(12-10-22)28(25,26)14-5-3-2-4-6-14/h2-8H,9-12,20H2,1H3. The Hall–Kier alpha value is -2.49. The number of nitrogens with zero attached hydrogens (tertiary/aromatic N) is 3. The molecule has 9 heteroatoms. The molecular formula is C19H20N4O3S2. The summed E-state index contributed by atoms with van der Waals surface area (Å²) in [5, 5.41) is 0.775. The zero-order valence-electron chi connectivity index (χ0n) is 15.3. The van der Waals surface area contributed by atoms with Crippen LogP contribution in [-0.4, -0.2) is 49.7 Å². The van der Waals surface area contributed by atoms with E-state index in [0.717, 1.165) is 15.9 Å². The highest BCUT2D eigenvalue weighted by atomic mass is 32.2. The predicted octanol–water partition coefficient (Wildman–Crippen LogP) is 2.59. The highest BCUT2D eigenvalue weighted by molar-refractivity contribution is 7.89. The molecule has 0 bridgehead atoms. The van der Waals surface area contributed by atoms with Gasteiger partial charge in [-0.15, -0.1) is 11.3 Å². The number of hydrogen-bond donors (Lipinski definition) is 1. The van der Waals surface area contributed by atoms with Crippen LogP contribution in [0.4, 0.5) is 11.4 Å². The van der Waals surface area contributed by atoms with Crippen molar-refractivity contribution in [3.05, 3.63) is 47.5 Å². The zero-order chi connectivity index (χ0) is 19.9. The number of benzene rings is 1. The van der Waals surface area contributed by atoms with E-state index >= 15 is 0 Å². The van der Waals surface area contributed by atoms with Crippen molar-refractivity contribution in [1.82, 2.24) is 9.29 Å². The number of pyridine rings is 1. The second-order valence-electron chi connectivity index (χ2n) is 6.62. The Morgan fingerprint density at radius 2 is 1.79 bits per heavy atom. The number of carbonyl (C=O) groups is 1. The first-order chi connectivity index (χ1) is 13.4. The average molecular weight is 417 g/mol. The summed E-state index contributed by atoms with van der Waals surface area (Å²) in [7, 11) is -3.50. The number of aromatic nitrogens is 1. The van der Waals surface area contributed by atoms with Gasteiger partial charge in [-0.25, -0.2) is 13.4 Å². The molecule has 1 fully saturated rings. The number of rotatable bonds is 4. The van der Waals surface area contributed by atoms with Gasteiger partial charge >= 0.3 is 0 Å². The van der Waals surface area contributed by atoms with Gasteiger partial charge in [-0.05, 0) is 18.2 Å². The second-order valence-corrected chi connectivity index (χ2v) is 9.55. The lowest BCUT2D eigenvalue weighted by Crippen LogP contribution is -2.48. The molecule has 1 aliphatic rings. The van der Waals surface area contributed by atoms with Gasteiger partial charge in [0.1, 0.15) is 4.83 Å². The highest BCUT2D eigenvalue weighted by Crippen LogP contribution is 2.39. The van der Waals surface area contributed by atoms with Crippen LogP contribution >= 0.6 is 11.3 Å². The molecule has 0 saturated carbocycles. The Labute approximate surface area is 167 Å². The van der Waals surface area contributed by atoms with E-state index in [1.165, 1.54) is 22.6 Å². The number of anilines is 2. The Balaban J connectivity index is 1.60. The van der Waals surface area contributed by atoms with E-state index in [0.29, 0.717) is 41.6 Å². The lowest BCUT2D eigenvalue weighted by Gasteiger charge is -2.35. The summed E-state index contributed by atoms with van der Waals surface area (Å²) in [6.07, 6.45) is 1.70. The van der Waals surface area contributed by atoms with Crippen LogP contribution in [0.1, 0.15) is 16.6 Å². The molecule has 1 saturated heterocycles. The van der Waals surface area contributed by atoms with Gasteiger partial charge in [0.15, 0.2) is 5.78 Å². The van der Waals surface area contributed by atoms with Crippen molar-refractivity contribution in [1.29, 1.82) is 0 Å². The van der Waals surface area contributed by atoms with Crippen LogP contribution in [0.3, 0.4) is 0 Å². The first kappa shape index (κ1) is 18.9. The fraction of sp³-hybridized carbons (Fsp3) is 0.263. The smallest absolute Gasteiger partial charge is 0.243 e. The fourth-order valence-corrected chi connectivity index (χ4v) is 5.89. The normalized spacial score (nSPS) is 15.8. The minimum absolute atomic E-state index is 0.0785. The number of nitrogens with two attached hydrogens (primary N) is 1. The SMILES string of the molecule is CC(=O)c1sc2nccc(N3CCN(S(=O)(=O)c4ccccc4)CC3)c2c1N. The molecule has 4 rings (SSSR count). The van der Waals surface area contributed by atoms with Crippen molar-refractivity contribution in [2.45, 2.75) is 11.8 Å². The zero-order valence-corrected chi connectivity index (χ0v) is 17.0. The van der Waals surface area contributed by atoms with Crippen LogP contribution in [-0.2, 0) is 10.0 Å². The van der Waals surface area contributed by atoms with Crippen molar-refractivity contribution >= 4 is 48.7 Å². The van der Waals surface area contributed by atoms with Crippen LogP contribution in [0.5, 0.6) is 0 Å². The molecule has 146 valence electrons. The predicted molar refractivity (Wildman–Crippen MR) is 111 cm³/mol. The van der Waals surface area contributed by atoms with E-state index in [4.69, 9.17) is 5.73 Å².